The molecule has 3 aromatic rings. The average molecular weight is 522 g/mol. The number of amides is 2. The van der Waals surface area contributed by atoms with E-state index in [0.717, 1.165) is 9.99 Å². The van der Waals surface area contributed by atoms with Crippen LogP contribution in [0.15, 0.2) is 89.6 Å². The van der Waals surface area contributed by atoms with Gasteiger partial charge in [0.05, 0.1) is 27.9 Å². The van der Waals surface area contributed by atoms with Crippen molar-refractivity contribution in [1.29, 1.82) is 0 Å². The molecule has 2 heterocycles. The molecular formula is C26H27N5O5S. The lowest BCUT2D eigenvalue weighted by Crippen LogP contribution is -2.45. The summed E-state index contributed by atoms with van der Waals surface area (Å²) in [6, 6.07) is 14.3. The third-order valence-corrected chi connectivity index (χ3v) is 7.63. The van der Waals surface area contributed by atoms with Crippen molar-refractivity contribution in [2.75, 3.05) is 20.7 Å². The molecule has 1 aliphatic rings. The maximum atomic E-state index is 13.0. The van der Waals surface area contributed by atoms with E-state index in [4.69, 9.17) is 9.84 Å². The van der Waals surface area contributed by atoms with Crippen molar-refractivity contribution in [1.82, 2.24) is 24.7 Å². The van der Waals surface area contributed by atoms with Crippen LogP contribution in [0.2, 0.25) is 0 Å². The smallest absolute Gasteiger partial charge is 0.338 e. The molecule has 1 aliphatic heterocycles. The fourth-order valence-corrected chi connectivity index (χ4v) is 4.84. The van der Waals surface area contributed by atoms with E-state index in [1.54, 1.807) is 29.9 Å². The topological polar surface area (TPSA) is 123 Å². The molecule has 0 radical (unpaired) electrons. The van der Waals surface area contributed by atoms with Gasteiger partial charge in [0, 0.05) is 37.1 Å². The number of sulfonamides is 1. The minimum absolute atomic E-state index is 0.00816. The number of allylic oxidation sites excluding steroid dienone is 1. The monoisotopic (exact) mass is 521 g/mol. The lowest BCUT2D eigenvalue weighted by Gasteiger charge is -2.27. The number of carbonyl (C=O) groups excluding carboxylic acids is 2. The Balaban J connectivity index is 1.87. The molecule has 1 aromatic heterocycles. The van der Waals surface area contributed by atoms with Crippen molar-refractivity contribution in [2.45, 2.75) is 17.9 Å². The number of esters is 1. The fraction of sp³-hybridized carbons (Fsp3) is 0.192. The summed E-state index contributed by atoms with van der Waals surface area (Å²) < 4.78 is 33.2. The van der Waals surface area contributed by atoms with Gasteiger partial charge in [0.15, 0.2) is 0 Å². The van der Waals surface area contributed by atoms with Gasteiger partial charge < -0.3 is 15.4 Å². The molecule has 0 saturated carbocycles. The Bertz CT molecular complexity index is 1480. The van der Waals surface area contributed by atoms with Crippen LogP contribution in [0, 0.1) is 0 Å². The zero-order valence-corrected chi connectivity index (χ0v) is 21.5. The van der Waals surface area contributed by atoms with E-state index in [0.29, 0.717) is 22.5 Å². The number of hydrogen-bond acceptors (Lipinski definition) is 6. The Kier molecular flexibility index (Phi) is 7.28. The van der Waals surface area contributed by atoms with E-state index in [9.17, 15) is 18.0 Å². The largest absolute Gasteiger partial charge is 0.458 e. The molecule has 11 heteroatoms. The van der Waals surface area contributed by atoms with Gasteiger partial charge in [-0.1, -0.05) is 43.0 Å². The van der Waals surface area contributed by atoms with Gasteiger partial charge in [-0.25, -0.2) is 27.0 Å². The fourth-order valence-electron chi connectivity index (χ4n) is 3.94. The number of rotatable bonds is 8. The predicted molar refractivity (Wildman–Crippen MR) is 138 cm³/mol. The van der Waals surface area contributed by atoms with Crippen LogP contribution < -0.4 is 10.6 Å². The summed E-state index contributed by atoms with van der Waals surface area (Å²) in [6.07, 6.45) is 3.19. The van der Waals surface area contributed by atoms with Gasteiger partial charge in [0.1, 0.15) is 6.61 Å². The number of urea groups is 1. The average Bonchev–Trinajstić information content (AvgIpc) is 3.33. The SMILES string of the molecule is C=CCOC(=O)C1=C(C)NC(=O)NC1c1cn(-c2ccccc2)nc1-c1ccc(S(=O)(=O)N(C)C)cc1. The lowest BCUT2D eigenvalue weighted by atomic mass is 9.94. The molecule has 2 amide bonds. The number of ether oxygens (including phenoxy) is 1. The minimum Gasteiger partial charge on any atom is -0.458 e. The van der Waals surface area contributed by atoms with Crippen LogP contribution >= 0.6 is 0 Å². The molecule has 0 fully saturated rings. The van der Waals surface area contributed by atoms with Gasteiger partial charge in [-0.15, -0.1) is 0 Å². The number of carbonyl (C=O) groups is 2. The molecule has 0 bridgehead atoms. The van der Waals surface area contributed by atoms with E-state index in [2.05, 4.69) is 17.2 Å². The van der Waals surface area contributed by atoms with Crippen LogP contribution in [0.1, 0.15) is 18.5 Å². The molecule has 4 rings (SSSR count). The zero-order chi connectivity index (χ0) is 26.7. The maximum absolute atomic E-state index is 13.0. The molecule has 192 valence electrons. The Hall–Kier alpha value is -4.22. The molecule has 0 aliphatic carbocycles. The zero-order valence-electron chi connectivity index (χ0n) is 20.6. The van der Waals surface area contributed by atoms with E-state index in [-0.39, 0.29) is 17.1 Å². The van der Waals surface area contributed by atoms with Crippen LogP contribution in [0.3, 0.4) is 0 Å². The summed E-state index contributed by atoms with van der Waals surface area (Å²) in [6.45, 7) is 5.21. The third-order valence-electron chi connectivity index (χ3n) is 5.80. The highest BCUT2D eigenvalue weighted by molar-refractivity contribution is 7.89. The van der Waals surface area contributed by atoms with Crippen molar-refractivity contribution < 1.29 is 22.7 Å². The number of nitrogens with zero attached hydrogens (tertiary/aromatic N) is 3. The number of para-hydroxylation sites is 1. The van der Waals surface area contributed by atoms with Crippen molar-refractivity contribution in [3.8, 4) is 16.9 Å². The molecular weight excluding hydrogens is 494 g/mol. The third kappa shape index (κ3) is 5.18. The van der Waals surface area contributed by atoms with Gasteiger partial charge in [-0.3, -0.25) is 0 Å². The van der Waals surface area contributed by atoms with Crippen molar-refractivity contribution in [2.24, 2.45) is 0 Å². The van der Waals surface area contributed by atoms with Gasteiger partial charge in [0.25, 0.3) is 0 Å². The summed E-state index contributed by atoms with van der Waals surface area (Å²) >= 11 is 0. The molecule has 2 aromatic carbocycles. The van der Waals surface area contributed by atoms with Crippen molar-refractivity contribution in [3.63, 3.8) is 0 Å². The standard InChI is InChI=1S/C26H27N5O5S/c1-5-15-36-25(32)22-17(2)27-26(33)28-24(22)21-16-31(19-9-7-6-8-10-19)29-23(21)18-11-13-20(14-12-18)37(34,35)30(3)4/h5-14,16,24H,1,15H2,2-4H3,(H2,27,28,33). The Morgan fingerprint density at radius 1 is 1.16 bits per heavy atom. The van der Waals surface area contributed by atoms with Gasteiger partial charge in [0.2, 0.25) is 10.0 Å². The minimum atomic E-state index is -3.62. The summed E-state index contributed by atoms with van der Waals surface area (Å²) in [5.41, 5.74) is 2.94. The Morgan fingerprint density at radius 2 is 1.84 bits per heavy atom. The number of benzene rings is 2. The molecule has 0 saturated heterocycles. The van der Waals surface area contributed by atoms with Crippen molar-refractivity contribution >= 4 is 22.0 Å². The van der Waals surface area contributed by atoms with Crippen LogP contribution in [0.4, 0.5) is 4.79 Å². The molecule has 1 unspecified atom stereocenters. The quantitative estimate of drug-likeness (QED) is 0.347. The van der Waals surface area contributed by atoms with Crippen LogP contribution in [0.5, 0.6) is 0 Å². The second-order valence-corrected chi connectivity index (χ2v) is 10.6. The molecule has 10 nitrogen and oxygen atoms in total. The Morgan fingerprint density at radius 3 is 2.46 bits per heavy atom. The lowest BCUT2D eigenvalue weighted by molar-refractivity contribution is -0.138. The van der Waals surface area contributed by atoms with Gasteiger partial charge >= 0.3 is 12.0 Å². The summed E-state index contributed by atoms with van der Waals surface area (Å²) in [4.78, 5) is 25.6. The summed E-state index contributed by atoms with van der Waals surface area (Å²) in [7, 11) is -0.697. The van der Waals surface area contributed by atoms with Crippen molar-refractivity contribution in [3.05, 3.63) is 90.3 Å². The molecule has 2 N–H and O–H groups in total. The van der Waals surface area contributed by atoms with E-state index in [1.807, 2.05) is 30.3 Å². The first-order chi connectivity index (χ1) is 17.6. The Labute approximate surface area is 215 Å². The van der Waals surface area contributed by atoms with Crippen LogP contribution in [-0.4, -0.2) is 55.2 Å². The normalized spacial score (nSPS) is 15.8. The summed E-state index contributed by atoms with van der Waals surface area (Å²) in [5.74, 6) is -0.610. The van der Waals surface area contributed by atoms with Gasteiger partial charge in [-0.2, -0.15) is 5.10 Å². The predicted octanol–water partition coefficient (Wildman–Crippen LogP) is 3.15. The molecule has 37 heavy (non-hydrogen) atoms. The first kappa shape index (κ1) is 25.9. The highest BCUT2D eigenvalue weighted by atomic mass is 32.2. The van der Waals surface area contributed by atoms with Crippen LogP contribution in [0.25, 0.3) is 16.9 Å². The van der Waals surface area contributed by atoms with Crippen LogP contribution in [-0.2, 0) is 19.6 Å². The second kappa shape index (κ2) is 10.4. The molecule has 1 atom stereocenters. The maximum Gasteiger partial charge on any atom is 0.338 e. The number of hydrogen-bond donors (Lipinski definition) is 2. The molecule has 0 spiro atoms. The van der Waals surface area contributed by atoms with E-state index < -0.39 is 28.1 Å². The highest BCUT2D eigenvalue weighted by Gasteiger charge is 2.35. The second-order valence-electron chi connectivity index (χ2n) is 8.48. The van der Waals surface area contributed by atoms with Gasteiger partial charge in [-0.05, 0) is 31.2 Å². The number of nitrogens with one attached hydrogen (secondary N) is 2. The first-order valence-corrected chi connectivity index (χ1v) is 12.8. The first-order valence-electron chi connectivity index (χ1n) is 11.4. The van der Waals surface area contributed by atoms with E-state index >= 15 is 0 Å². The highest BCUT2D eigenvalue weighted by Crippen LogP contribution is 2.35. The summed E-state index contributed by atoms with van der Waals surface area (Å²) in [5, 5.41) is 10.2. The van der Waals surface area contributed by atoms with E-state index in [1.165, 1.54) is 32.3 Å². The number of aromatic nitrogens is 2.